The topological polar surface area (TPSA) is 132 Å². The molecule has 10 heteroatoms. The number of nitrogens with zero attached hydrogens (tertiary/aromatic N) is 1. The minimum absolute atomic E-state index is 0.230. The van der Waals surface area contributed by atoms with Crippen molar-refractivity contribution in [2.24, 2.45) is 0 Å². The van der Waals surface area contributed by atoms with E-state index >= 15 is 0 Å². The van der Waals surface area contributed by atoms with Crippen molar-refractivity contribution in [3.63, 3.8) is 0 Å². The van der Waals surface area contributed by atoms with Gasteiger partial charge in [-0.2, -0.15) is 0 Å². The summed E-state index contributed by atoms with van der Waals surface area (Å²) in [6.45, 7) is 3.94. The predicted octanol–water partition coefficient (Wildman–Crippen LogP) is 8.36. The second-order valence-corrected chi connectivity index (χ2v) is 14.5. The molecule has 3 amide bonds. The van der Waals surface area contributed by atoms with Crippen LogP contribution in [-0.4, -0.2) is 73.3 Å². The standard InChI is InChI=1S/C49H49N5O5/c55-45-24-10-7-17-39(45)34-50-27-28-51-47(56)37-18-11-19-38(33-37)48(57)52-29-32-54-30-25-40(26-31-54)59-49(58)53-44-23-12-22-42(36-15-5-2-6-16-36)46(44)43-21-9-8-20-41(43)35-13-3-1-4-14-35/h1-24,33,40,50,55H,25-32,34H2,(H,51,56)(H,52,57)(H,53,58). The van der Waals surface area contributed by atoms with Crippen LogP contribution in [0.1, 0.15) is 39.1 Å². The number of rotatable bonds is 15. The van der Waals surface area contributed by atoms with Gasteiger partial charge in [-0.3, -0.25) is 14.9 Å². The van der Waals surface area contributed by atoms with Crippen LogP contribution in [0.2, 0.25) is 0 Å². The Morgan fingerprint density at radius 2 is 1.19 bits per heavy atom. The number of aromatic hydroxyl groups is 1. The molecule has 0 radical (unpaired) electrons. The third kappa shape index (κ3) is 10.8. The number of carbonyl (C=O) groups is 3. The molecule has 7 rings (SSSR count). The molecule has 1 saturated heterocycles. The smallest absolute Gasteiger partial charge is 0.411 e. The number of likely N-dealkylation sites (tertiary alicyclic amines) is 1. The molecule has 10 nitrogen and oxygen atoms in total. The molecule has 0 spiro atoms. The van der Waals surface area contributed by atoms with Gasteiger partial charge in [0.05, 0.1) is 5.69 Å². The zero-order valence-corrected chi connectivity index (χ0v) is 32.9. The number of phenols is 1. The lowest BCUT2D eigenvalue weighted by Gasteiger charge is -2.31. The van der Waals surface area contributed by atoms with E-state index in [4.69, 9.17) is 4.74 Å². The number of nitrogens with one attached hydrogen (secondary N) is 4. The van der Waals surface area contributed by atoms with Crippen molar-refractivity contribution in [1.29, 1.82) is 0 Å². The van der Waals surface area contributed by atoms with E-state index in [0.29, 0.717) is 62.4 Å². The maximum Gasteiger partial charge on any atom is 0.411 e. The zero-order valence-electron chi connectivity index (χ0n) is 32.9. The van der Waals surface area contributed by atoms with E-state index in [1.165, 1.54) is 0 Å². The van der Waals surface area contributed by atoms with E-state index in [0.717, 1.165) is 52.0 Å². The summed E-state index contributed by atoms with van der Waals surface area (Å²) in [7, 11) is 0. The normalized spacial score (nSPS) is 13.0. The quantitative estimate of drug-likeness (QED) is 0.0662. The average molecular weight is 788 g/mol. The molecular formula is C49H49N5O5. The summed E-state index contributed by atoms with van der Waals surface area (Å²) in [5.41, 5.74) is 8.41. The lowest BCUT2D eigenvalue weighted by Crippen LogP contribution is -2.42. The van der Waals surface area contributed by atoms with Crippen LogP contribution in [0.3, 0.4) is 0 Å². The van der Waals surface area contributed by atoms with Crippen molar-refractivity contribution in [1.82, 2.24) is 20.9 Å². The first-order valence-corrected chi connectivity index (χ1v) is 20.1. The summed E-state index contributed by atoms with van der Waals surface area (Å²) in [6, 6.07) is 48.4. The molecule has 0 aromatic heterocycles. The van der Waals surface area contributed by atoms with Gasteiger partial charge in [0.2, 0.25) is 0 Å². The van der Waals surface area contributed by atoms with Crippen molar-refractivity contribution in [2.75, 3.05) is 44.6 Å². The van der Waals surface area contributed by atoms with Gasteiger partial charge < -0.3 is 30.7 Å². The number of benzene rings is 6. The maximum absolute atomic E-state index is 13.5. The van der Waals surface area contributed by atoms with E-state index in [-0.39, 0.29) is 23.7 Å². The Morgan fingerprint density at radius 1 is 0.610 bits per heavy atom. The highest BCUT2D eigenvalue weighted by Gasteiger charge is 2.24. The molecule has 0 saturated carbocycles. The number of ether oxygens (including phenoxy) is 1. The van der Waals surface area contributed by atoms with E-state index in [1.54, 1.807) is 36.4 Å². The largest absolute Gasteiger partial charge is 0.508 e. The van der Waals surface area contributed by atoms with Crippen LogP contribution in [0.5, 0.6) is 5.75 Å². The fourth-order valence-corrected chi connectivity index (χ4v) is 7.40. The monoisotopic (exact) mass is 787 g/mol. The Bertz CT molecular complexity index is 2340. The summed E-state index contributed by atoms with van der Waals surface area (Å²) in [4.78, 5) is 41.5. The first-order chi connectivity index (χ1) is 28.9. The molecule has 6 aromatic rings. The van der Waals surface area contributed by atoms with E-state index in [2.05, 4.69) is 68.6 Å². The van der Waals surface area contributed by atoms with Gasteiger partial charge in [-0.1, -0.05) is 121 Å². The average Bonchev–Trinajstić information content (AvgIpc) is 3.28. The van der Waals surface area contributed by atoms with Gasteiger partial charge in [0, 0.05) is 68.1 Å². The van der Waals surface area contributed by atoms with Gasteiger partial charge in [-0.15, -0.1) is 0 Å². The Morgan fingerprint density at radius 3 is 1.88 bits per heavy atom. The minimum Gasteiger partial charge on any atom is -0.508 e. The van der Waals surface area contributed by atoms with Crippen molar-refractivity contribution >= 4 is 23.6 Å². The van der Waals surface area contributed by atoms with E-state index in [1.807, 2.05) is 72.8 Å². The van der Waals surface area contributed by atoms with Gasteiger partial charge in [0.1, 0.15) is 11.9 Å². The summed E-state index contributed by atoms with van der Waals surface area (Å²) in [5.74, 6) is -0.285. The first-order valence-electron chi connectivity index (χ1n) is 20.1. The second kappa shape index (κ2) is 20.1. The SMILES string of the molecule is O=C(Nc1cccc(-c2ccccc2)c1-c1ccccc1-c1ccccc1)OC1CCN(CCNC(=O)c2cccc(C(=O)NCCNCc3ccccc3O)c2)CC1. The summed E-state index contributed by atoms with van der Waals surface area (Å²) < 4.78 is 5.99. The second-order valence-electron chi connectivity index (χ2n) is 14.5. The highest BCUT2D eigenvalue weighted by Crippen LogP contribution is 2.42. The Labute approximate surface area is 345 Å². The van der Waals surface area contributed by atoms with Gasteiger partial charge in [-0.25, -0.2) is 4.79 Å². The molecule has 5 N–H and O–H groups in total. The number of hydrogen-bond acceptors (Lipinski definition) is 7. The number of amides is 3. The van der Waals surface area contributed by atoms with Crippen LogP contribution in [0.4, 0.5) is 10.5 Å². The maximum atomic E-state index is 13.5. The summed E-state index contributed by atoms with van der Waals surface area (Å²) in [6.07, 6.45) is 0.629. The van der Waals surface area contributed by atoms with Crippen molar-refractivity contribution < 1.29 is 24.2 Å². The number of para-hydroxylation sites is 1. The number of anilines is 1. The van der Waals surface area contributed by atoms with Gasteiger partial charge in [0.25, 0.3) is 11.8 Å². The highest BCUT2D eigenvalue weighted by molar-refractivity contribution is 6.02. The van der Waals surface area contributed by atoms with Crippen LogP contribution >= 0.6 is 0 Å². The Kier molecular flexibility index (Phi) is 13.8. The lowest BCUT2D eigenvalue weighted by molar-refractivity contribution is 0.0587. The predicted molar refractivity (Wildman–Crippen MR) is 233 cm³/mol. The molecule has 1 aliphatic heterocycles. The van der Waals surface area contributed by atoms with E-state index in [9.17, 15) is 19.5 Å². The van der Waals surface area contributed by atoms with Crippen LogP contribution in [-0.2, 0) is 11.3 Å². The molecule has 300 valence electrons. The summed E-state index contributed by atoms with van der Waals surface area (Å²) >= 11 is 0. The van der Waals surface area contributed by atoms with Crippen LogP contribution in [0.15, 0.2) is 152 Å². The van der Waals surface area contributed by atoms with Crippen LogP contribution in [0, 0.1) is 0 Å². The third-order valence-electron chi connectivity index (χ3n) is 10.5. The van der Waals surface area contributed by atoms with Crippen molar-refractivity contribution in [3.8, 4) is 39.1 Å². The van der Waals surface area contributed by atoms with Crippen LogP contribution < -0.4 is 21.3 Å². The highest BCUT2D eigenvalue weighted by atomic mass is 16.6. The number of phenolic OH excluding ortho intramolecular Hbond substituents is 1. The van der Waals surface area contributed by atoms with Crippen molar-refractivity contribution in [3.05, 3.63) is 168 Å². The molecule has 0 aliphatic carbocycles. The molecule has 0 atom stereocenters. The molecule has 1 heterocycles. The van der Waals surface area contributed by atoms with Gasteiger partial charge in [0.15, 0.2) is 0 Å². The van der Waals surface area contributed by atoms with E-state index < -0.39 is 6.09 Å². The molecule has 59 heavy (non-hydrogen) atoms. The number of piperidine rings is 1. The first kappa shape index (κ1) is 40.4. The molecule has 0 bridgehead atoms. The Balaban J connectivity index is 0.883. The fourth-order valence-electron chi connectivity index (χ4n) is 7.40. The minimum atomic E-state index is -0.490. The fraction of sp³-hybridized carbons (Fsp3) is 0.204. The third-order valence-corrected chi connectivity index (χ3v) is 10.5. The molecule has 6 aromatic carbocycles. The lowest BCUT2D eigenvalue weighted by atomic mass is 9.88. The van der Waals surface area contributed by atoms with Crippen LogP contribution in [0.25, 0.3) is 33.4 Å². The van der Waals surface area contributed by atoms with Crippen molar-refractivity contribution in [2.45, 2.75) is 25.5 Å². The van der Waals surface area contributed by atoms with Gasteiger partial charge >= 0.3 is 6.09 Å². The zero-order chi connectivity index (χ0) is 40.8. The molecule has 1 fully saturated rings. The molecule has 1 aliphatic rings. The Hall–Kier alpha value is -6.75. The van der Waals surface area contributed by atoms with Gasteiger partial charge in [-0.05, 0) is 71.0 Å². The molecular weight excluding hydrogens is 739 g/mol. The number of hydrogen-bond donors (Lipinski definition) is 5. The summed E-state index contributed by atoms with van der Waals surface area (Å²) in [5, 5.41) is 22.0. The number of carbonyl (C=O) groups excluding carboxylic acids is 3. The molecule has 0 unspecified atom stereocenters.